The smallest absolute Gasteiger partial charge is 0.310 e. The van der Waals surface area contributed by atoms with Crippen molar-refractivity contribution >= 4 is 5.97 Å². The number of ether oxygens (including phenoxy) is 1. The first-order valence-corrected chi connectivity index (χ1v) is 5.74. The first kappa shape index (κ1) is 13.4. The van der Waals surface area contributed by atoms with E-state index < -0.39 is 5.97 Å². The maximum Gasteiger partial charge on any atom is 0.310 e. The zero-order valence-electron chi connectivity index (χ0n) is 10.5. The maximum atomic E-state index is 11.8. The zero-order chi connectivity index (χ0) is 12.8. The molecule has 0 unspecified atom stereocenters. The Hall–Kier alpha value is -1.65. The molecule has 0 bridgehead atoms. The van der Waals surface area contributed by atoms with Gasteiger partial charge in [-0.15, -0.1) is 0 Å². The highest BCUT2D eigenvalue weighted by molar-refractivity contribution is 5.72. The minimum Gasteiger partial charge on any atom is -0.469 e. The number of aromatic nitrogens is 2. The van der Waals surface area contributed by atoms with Gasteiger partial charge in [0, 0.05) is 17.7 Å². The van der Waals surface area contributed by atoms with Gasteiger partial charge in [0.05, 0.1) is 13.5 Å². The second-order valence-electron chi connectivity index (χ2n) is 3.93. The third kappa shape index (κ3) is 3.69. The average molecular weight is 238 g/mol. The molecule has 0 atom stereocenters. The number of aromatic amines is 1. The van der Waals surface area contributed by atoms with Gasteiger partial charge in [0.1, 0.15) is 5.82 Å². The summed E-state index contributed by atoms with van der Waals surface area (Å²) in [5.41, 5.74) is 0.747. The van der Waals surface area contributed by atoms with Gasteiger partial charge < -0.3 is 9.72 Å². The van der Waals surface area contributed by atoms with Crippen molar-refractivity contribution < 1.29 is 9.53 Å². The summed E-state index contributed by atoms with van der Waals surface area (Å²) in [5.74, 6) is 0.254. The fourth-order valence-electron chi connectivity index (χ4n) is 1.56. The Morgan fingerprint density at radius 2 is 2.18 bits per heavy atom. The molecule has 1 rings (SSSR count). The van der Waals surface area contributed by atoms with E-state index in [0.29, 0.717) is 17.1 Å². The summed E-state index contributed by atoms with van der Waals surface area (Å²) in [4.78, 5) is 29.9. The van der Waals surface area contributed by atoms with E-state index in [-0.39, 0.29) is 12.0 Å². The molecule has 1 aromatic heterocycles. The molecule has 0 aromatic carbocycles. The number of nitrogens with one attached hydrogen (secondary N) is 1. The number of nitrogens with zero attached hydrogens (tertiary/aromatic N) is 1. The topological polar surface area (TPSA) is 72.0 Å². The van der Waals surface area contributed by atoms with Gasteiger partial charge in [0.25, 0.3) is 5.56 Å². The van der Waals surface area contributed by atoms with Crippen molar-refractivity contribution in [2.24, 2.45) is 0 Å². The third-order valence-electron chi connectivity index (χ3n) is 2.59. The van der Waals surface area contributed by atoms with Crippen LogP contribution in [0.3, 0.4) is 0 Å². The van der Waals surface area contributed by atoms with Crippen LogP contribution in [0.5, 0.6) is 0 Å². The Morgan fingerprint density at radius 3 is 2.71 bits per heavy atom. The molecule has 0 fully saturated rings. The van der Waals surface area contributed by atoms with Crippen molar-refractivity contribution in [1.29, 1.82) is 0 Å². The number of hydrogen-bond donors (Lipinski definition) is 1. The van der Waals surface area contributed by atoms with E-state index in [9.17, 15) is 9.59 Å². The Balaban J connectivity index is 2.94. The molecule has 17 heavy (non-hydrogen) atoms. The number of methoxy groups -OCH3 is 1. The minimum absolute atomic E-state index is 0.0290. The van der Waals surface area contributed by atoms with Crippen LogP contribution in [-0.4, -0.2) is 23.0 Å². The van der Waals surface area contributed by atoms with Gasteiger partial charge in [-0.2, -0.15) is 0 Å². The maximum absolute atomic E-state index is 11.8. The van der Waals surface area contributed by atoms with E-state index in [1.54, 1.807) is 6.92 Å². The van der Waals surface area contributed by atoms with E-state index in [1.807, 2.05) is 0 Å². The third-order valence-corrected chi connectivity index (χ3v) is 2.59. The van der Waals surface area contributed by atoms with Gasteiger partial charge in [-0.1, -0.05) is 13.3 Å². The van der Waals surface area contributed by atoms with Gasteiger partial charge in [-0.3, -0.25) is 9.59 Å². The first-order chi connectivity index (χ1) is 8.08. The fraction of sp³-hybridized carbons (Fsp3) is 0.583. The van der Waals surface area contributed by atoms with E-state index >= 15 is 0 Å². The largest absolute Gasteiger partial charge is 0.469 e. The minimum atomic E-state index is -0.429. The van der Waals surface area contributed by atoms with Crippen LogP contribution in [0.2, 0.25) is 0 Å². The average Bonchev–Trinajstić information content (AvgIpc) is 2.30. The van der Waals surface area contributed by atoms with E-state index in [4.69, 9.17) is 0 Å². The molecule has 0 aliphatic heterocycles. The molecule has 0 radical (unpaired) electrons. The molecule has 5 heteroatoms. The second kappa shape index (κ2) is 6.18. The molecule has 1 aromatic rings. The predicted octanol–water partition coefficient (Wildman–Crippen LogP) is 1.14. The lowest BCUT2D eigenvalue weighted by Crippen LogP contribution is -2.22. The number of carbonyl (C=O) groups is 1. The number of esters is 1. The number of rotatable bonds is 5. The summed E-state index contributed by atoms with van der Waals surface area (Å²) in [5, 5.41) is 0. The van der Waals surface area contributed by atoms with Crippen molar-refractivity contribution in [3.63, 3.8) is 0 Å². The monoisotopic (exact) mass is 238 g/mol. The van der Waals surface area contributed by atoms with Crippen molar-refractivity contribution in [3.8, 4) is 0 Å². The lowest BCUT2D eigenvalue weighted by molar-refractivity contribution is -0.139. The van der Waals surface area contributed by atoms with Crippen molar-refractivity contribution in [1.82, 2.24) is 9.97 Å². The fourth-order valence-corrected chi connectivity index (χ4v) is 1.56. The molecular weight excluding hydrogens is 220 g/mol. The van der Waals surface area contributed by atoms with Gasteiger partial charge in [-0.05, 0) is 13.3 Å². The molecule has 0 saturated heterocycles. The summed E-state index contributed by atoms with van der Waals surface area (Å²) < 4.78 is 4.54. The molecule has 0 saturated carbocycles. The van der Waals surface area contributed by atoms with E-state index in [1.165, 1.54) is 7.11 Å². The zero-order valence-corrected chi connectivity index (χ0v) is 10.5. The highest BCUT2D eigenvalue weighted by Gasteiger charge is 2.12. The van der Waals surface area contributed by atoms with Crippen molar-refractivity contribution in [3.05, 3.63) is 27.4 Å². The number of aryl methyl sites for hydroxylation is 2. The van der Waals surface area contributed by atoms with Crippen LogP contribution in [0.15, 0.2) is 4.79 Å². The standard InChI is InChI=1S/C12H18N2O3/c1-4-5-6-10-13-8(2)9(12(16)14-10)7-11(15)17-3/h4-7H2,1-3H3,(H,13,14,16). The van der Waals surface area contributed by atoms with Crippen LogP contribution in [0.1, 0.15) is 36.8 Å². The molecule has 1 N–H and O–H groups in total. The van der Waals surface area contributed by atoms with Gasteiger partial charge >= 0.3 is 5.97 Å². The highest BCUT2D eigenvalue weighted by atomic mass is 16.5. The number of unbranched alkanes of at least 4 members (excludes halogenated alkanes) is 1. The van der Waals surface area contributed by atoms with Crippen LogP contribution in [0, 0.1) is 6.92 Å². The van der Waals surface area contributed by atoms with Crippen LogP contribution in [-0.2, 0) is 22.4 Å². The van der Waals surface area contributed by atoms with E-state index in [2.05, 4.69) is 21.6 Å². The number of carbonyl (C=O) groups excluding carboxylic acids is 1. The Kier molecular flexibility index (Phi) is 4.87. The summed E-state index contributed by atoms with van der Waals surface area (Å²) in [6, 6.07) is 0. The van der Waals surface area contributed by atoms with Crippen LogP contribution in [0.25, 0.3) is 0 Å². The Morgan fingerprint density at radius 1 is 1.47 bits per heavy atom. The first-order valence-electron chi connectivity index (χ1n) is 5.74. The van der Waals surface area contributed by atoms with Crippen LogP contribution in [0.4, 0.5) is 0 Å². The van der Waals surface area contributed by atoms with Crippen LogP contribution < -0.4 is 5.56 Å². The Bertz CT molecular complexity index is 452. The molecule has 0 aliphatic rings. The summed E-state index contributed by atoms with van der Waals surface area (Å²) in [7, 11) is 1.30. The second-order valence-corrected chi connectivity index (χ2v) is 3.93. The summed E-state index contributed by atoms with van der Waals surface area (Å²) in [6.45, 7) is 3.82. The molecule has 1 heterocycles. The van der Waals surface area contributed by atoms with Crippen molar-refractivity contribution in [2.45, 2.75) is 39.5 Å². The Labute approximate surface area is 100 Å². The summed E-state index contributed by atoms with van der Waals surface area (Å²) in [6.07, 6.45) is 2.76. The van der Waals surface area contributed by atoms with Gasteiger partial charge in [-0.25, -0.2) is 4.98 Å². The lowest BCUT2D eigenvalue weighted by Gasteiger charge is -2.06. The molecule has 0 aliphatic carbocycles. The number of H-pyrrole nitrogens is 1. The van der Waals surface area contributed by atoms with Crippen molar-refractivity contribution in [2.75, 3.05) is 7.11 Å². The molecule has 5 nitrogen and oxygen atoms in total. The predicted molar refractivity (Wildman–Crippen MR) is 63.9 cm³/mol. The van der Waals surface area contributed by atoms with Gasteiger partial charge in [0.15, 0.2) is 0 Å². The van der Waals surface area contributed by atoms with Crippen LogP contribution >= 0.6 is 0 Å². The number of hydrogen-bond acceptors (Lipinski definition) is 4. The molecule has 0 spiro atoms. The molecule has 94 valence electrons. The highest BCUT2D eigenvalue weighted by Crippen LogP contribution is 2.03. The normalized spacial score (nSPS) is 10.3. The lowest BCUT2D eigenvalue weighted by atomic mass is 10.1. The van der Waals surface area contributed by atoms with E-state index in [0.717, 1.165) is 19.3 Å². The SMILES string of the molecule is CCCCc1nc(C)c(CC(=O)OC)c(=O)[nH]1. The van der Waals surface area contributed by atoms with Gasteiger partial charge in [0.2, 0.25) is 0 Å². The molecular formula is C12H18N2O3. The summed E-state index contributed by atoms with van der Waals surface area (Å²) >= 11 is 0. The quantitative estimate of drug-likeness (QED) is 0.781. The molecule has 0 amide bonds.